The number of aliphatic imine (C=N–C) groups is 1. The van der Waals surface area contributed by atoms with Gasteiger partial charge < -0.3 is 4.74 Å². The number of benzene rings is 1. The molecule has 0 radical (unpaired) electrons. The molecule has 14 heavy (non-hydrogen) atoms. The van der Waals surface area contributed by atoms with Gasteiger partial charge in [0, 0.05) is 11.9 Å². The van der Waals surface area contributed by atoms with E-state index in [1.54, 1.807) is 25.1 Å². The van der Waals surface area contributed by atoms with E-state index < -0.39 is 0 Å². The number of halogens is 1. The van der Waals surface area contributed by atoms with Crippen LogP contribution in [-0.4, -0.2) is 13.0 Å². The summed E-state index contributed by atoms with van der Waals surface area (Å²) in [7, 11) is 1.52. The van der Waals surface area contributed by atoms with Gasteiger partial charge in [-0.1, -0.05) is 11.6 Å². The molecule has 0 bridgehead atoms. The smallest absolute Gasteiger partial charge is 0.184 e. The van der Waals surface area contributed by atoms with E-state index in [0.29, 0.717) is 22.2 Å². The first-order valence-corrected chi connectivity index (χ1v) is 4.34. The predicted octanol–water partition coefficient (Wildman–Crippen LogP) is 2.91. The minimum atomic E-state index is 0.478. The molecule has 0 heterocycles. The van der Waals surface area contributed by atoms with Crippen molar-refractivity contribution in [3.63, 3.8) is 0 Å². The summed E-state index contributed by atoms with van der Waals surface area (Å²) in [5.41, 5.74) is 1.00. The monoisotopic (exact) mass is 208 g/mol. The molecule has 0 aromatic heterocycles. The summed E-state index contributed by atoms with van der Waals surface area (Å²) in [6.45, 7) is 1.71. The molecule has 1 aromatic carbocycles. The molecular weight excluding hydrogens is 200 g/mol. The number of methoxy groups -OCH3 is 1. The first-order chi connectivity index (χ1) is 6.67. The maximum absolute atomic E-state index is 8.79. The summed E-state index contributed by atoms with van der Waals surface area (Å²) in [5, 5.41) is 9.34. The first kappa shape index (κ1) is 10.6. The largest absolute Gasteiger partial charge is 0.484 e. The van der Waals surface area contributed by atoms with E-state index >= 15 is 0 Å². The Morgan fingerprint density at radius 1 is 1.57 bits per heavy atom. The van der Waals surface area contributed by atoms with Gasteiger partial charge in [-0.2, -0.15) is 5.26 Å². The van der Waals surface area contributed by atoms with Crippen LogP contribution < -0.4 is 0 Å². The second-order valence-electron chi connectivity index (χ2n) is 2.61. The second kappa shape index (κ2) is 4.64. The zero-order valence-electron chi connectivity index (χ0n) is 7.91. The topological polar surface area (TPSA) is 45.4 Å². The van der Waals surface area contributed by atoms with Crippen molar-refractivity contribution in [2.45, 2.75) is 6.92 Å². The van der Waals surface area contributed by atoms with Crippen molar-refractivity contribution in [3.8, 4) is 6.07 Å². The van der Waals surface area contributed by atoms with Gasteiger partial charge >= 0.3 is 0 Å². The summed E-state index contributed by atoms with van der Waals surface area (Å²) >= 11 is 5.78. The van der Waals surface area contributed by atoms with Crippen molar-refractivity contribution in [2.24, 2.45) is 4.99 Å². The number of nitrogens with zero attached hydrogens (tertiary/aromatic N) is 2. The van der Waals surface area contributed by atoms with Crippen LogP contribution in [0.25, 0.3) is 0 Å². The van der Waals surface area contributed by atoms with Crippen LogP contribution in [0.3, 0.4) is 0 Å². The van der Waals surface area contributed by atoms with Crippen molar-refractivity contribution in [1.29, 1.82) is 5.26 Å². The lowest BCUT2D eigenvalue weighted by Gasteiger charge is -2.00. The van der Waals surface area contributed by atoms with E-state index in [2.05, 4.69) is 4.99 Å². The van der Waals surface area contributed by atoms with Crippen molar-refractivity contribution in [1.82, 2.24) is 0 Å². The Kier molecular flexibility index (Phi) is 3.49. The number of rotatable bonds is 1. The zero-order chi connectivity index (χ0) is 10.6. The Bertz CT molecular complexity index is 407. The van der Waals surface area contributed by atoms with Crippen molar-refractivity contribution < 1.29 is 4.74 Å². The molecule has 1 rings (SSSR count). The Morgan fingerprint density at radius 2 is 2.29 bits per heavy atom. The Balaban J connectivity index is 3.19. The quantitative estimate of drug-likeness (QED) is 0.526. The van der Waals surface area contributed by atoms with E-state index in [1.807, 2.05) is 6.07 Å². The molecule has 0 aliphatic carbocycles. The number of ether oxygens (including phenoxy) is 1. The van der Waals surface area contributed by atoms with Gasteiger partial charge in [0.2, 0.25) is 0 Å². The minimum absolute atomic E-state index is 0.478. The molecule has 0 aliphatic heterocycles. The fourth-order valence-electron chi connectivity index (χ4n) is 0.907. The molecule has 1 aromatic rings. The molecular formula is C10H9ClN2O. The molecule has 0 spiro atoms. The van der Waals surface area contributed by atoms with Crippen LogP contribution in [0.2, 0.25) is 5.02 Å². The second-order valence-corrected chi connectivity index (χ2v) is 3.04. The number of nitriles is 1. The molecule has 3 nitrogen and oxygen atoms in total. The summed E-state index contributed by atoms with van der Waals surface area (Å²) in [5.74, 6) is 0.490. The Morgan fingerprint density at radius 3 is 2.86 bits per heavy atom. The average molecular weight is 209 g/mol. The normalized spacial score (nSPS) is 10.9. The average Bonchev–Trinajstić information content (AvgIpc) is 2.18. The van der Waals surface area contributed by atoms with E-state index in [1.165, 1.54) is 7.11 Å². The lowest BCUT2D eigenvalue weighted by molar-refractivity contribution is 0.400. The van der Waals surface area contributed by atoms with Gasteiger partial charge in [-0.25, -0.2) is 4.99 Å². The van der Waals surface area contributed by atoms with E-state index in [0.717, 1.165) is 0 Å². The van der Waals surface area contributed by atoms with E-state index in [-0.39, 0.29) is 0 Å². The Hall–Kier alpha value is -1.53. The zero-order valence-corrected chi connectivity index (χ0v) is 8.67. The third-order valence-corrected chi connectivity index (χ3v) is 1.89. The fourth-order valence-corrected chi connectivity index (χ4v) is 1.07. The maximum Gasteiger partial charge on any atom is 0.184 e. The molecule has 72 valence electrons. The molecule has 0 atom stereocenters. The summed E-state index contributed by atoms with van der Waals surface area (Å²) in [4.78, 5) is 4.10. The van der Waals surface area contributed by atoms with Crippen LogP contribution in [0.5, 0.6) is 0 Å². The minimum Gasteiger partial charge on any atom is -0.484 e. The van der Waals surface area contributed by atoms with Crippen LogP contribution in [0.1, 0.15) is 12.5 Å². The molecule has 0 saturated carbocycles. The highest BCUT2D eigenvalue weighted by Gasteiger charge is 2.01. The van der Waals surface area contributed by atoms with Crippen LogP contribution >= 0.6 is 11.6 Å². The highest BCUT2D eigenvalue weighted by Crippen LogP contribution is 2.23. The van der Waals surface area contributed by atoms with Crippen molar-refractivity contribution in [3.05, 3.63) is 28.8 Å². The molecule has 0 amide bonds. The predicted molar refractivity (Wildman–Crippen MR) is 55.9 cm³/mol. The first-order valence-electron chi connectivity index (χ1n) is 3.96. The van der Waals surface area contributed by atoms with Crippen molar-refractivity contribution >= 4 is 23.2 Å². The summed E-state index contributed by atoms with van der Waals surface area (Å²) in [6, 6.07) is 6.94. The third kappa shape index (κ3) is 2.48. The lowest BCUT2D eigenvalue weighted by Crippen LogP contribution is -1.92. The molecule has 0 aliphatic rings. The van der Waals surface area contributed by atoms with Gasteiger partial charge in [0.1, 0.15) is 6.07 Å². The van der Waals surface area contributed by atoms with Gasteiger partial charge in [-0.15, -0.1) is 0 Å². The fraction of sp³-hybridized carbons (Fsp3) is 0.200. The van der Waals surface area contributed by atoms with Gasteiger partial charge in [0.15, 0.2) is 5.90 Å². The van der Waals surface area contributed by atoms with Gasteiger partial charge in [0.25, 0.3) is 0 Å². The lowest BCUT2D eigenvalue weighted by atomic mass is 10.2. The highest BCUT2D eigenvalue weighted by atomic mass is 35.5. The van der Waals surface area contributed by atoms with Crippen LogP contribution in [0.4, 0.5) is 5.69 Å². The number of hydrogen-bond acceptors (Lipinski definition) is 3. The van der Waals surface area contributed by atoms with Crippen LogP contribution in [0.15, 0.2) is 23.2 Å². The molecule has 4 heteroatoms. The molecule has 0 N–H and O–H groups in total. The van der Waals surface area contributed by atoms with Crippen LogP contribution in [-0.2, 0) is 4.74 Å². The molecule has 0 saturated heterocycles. The number of hydrogen-bond donors (Lipinski definition) is 0. The maximum atomic E-state index is 8.79. The van der Waals surface area contributed by atoms with Gasteiger partial charge in [-0.05, 0) is 18.2 Å². The summed E-state index contributed by atoms with van der Waals surface area (Å²) < 4.78 is 4.89. The van der Waals surface area contributed by atoms with Gasteiger partial charge in [-0.3, -0.25) is 0 Å². The standard InChI is InChI=1S/C10H9ClN2O/c1-7(14-2)13-10-5-9(11)4-3-8(10)6-12/h3-5H,1-2H3. The van der Waals surface area contributed by atoms with E-state index in [4.69, 9.17) is 21.6 Å². The SMILES string of the molecule is COC(C)=Nc1cc(Cl)ccc1C#N. The molecule has 0 unspecified atom stereocenters. The third-order valence-electron chi connectivity index (χ3n) is 1.65. The van der Waals surface area contributed by atoms with E-state index in [9.17, 15) is 0 Å². The molecule has 0 fully saturated rings. The summed E-state index contributed by atoms with van der Waals surface area (Å²) in [6.07, 6.45) is 0. The van der Waals surface area contributed by atoms with Crippen molar-refractivity contribution in [2.75, 3.05) is 7.11 Å². The van der Waals surface area contributed by atoms with Gasteiger partial charge in [0.05, 0.1) is 18.4 Å². The van der Waals surface area contributed by atoms with Crippen LogP contribution in [0, 0.1) is 11.3 Å². The Labute approximate surface area is 87.6 Å². The highest BCUT2D eigenvalue weighted by molar-refractivity contribution is 6.30.